The Morgan fingerprint density at radius 2 is 2.00 bits per heavy atom. The van der Waals surface area contributed by atoms with Crippen molar-refractivity contribution in [1.82, 2.24) is 20.2 Å². The fraction of sp³-hybridized carbons (Fsp3) is 0.227. The van der Waals surface area contributed by atoms with Gasteiger partial charge in [-0.05, 0) is 46.5 Å². The molecule has 0 fully saturated rings. The van der Waals surface area contributed by atoms with Crippen LogP contribution >= 0.6 is 0 Å². The van der Waals surface area contributed by atoms with E-state index in [0.29, 0.717) is 39.8 Å². The molecular weight excluding hydrogens is 385 g/mol. The quantitative estimate of drug-likeness (QED) is 0.457. The molecule has 8 heteroatoms. The predicted molar refractivity (Wildman–Crippen MR) is 112 cm³/mol. The van der Waals surface area contributed by atoms with Crippen molar-refractivity contribution in [2.45, 2.75) is 13.8 Å². The monoisotopic (exact) mass is 407 g/mol. The summed E-state index contributed by atoms with van der Waals surface area (Å²) in [5.41, 5.74) is 2.31. The minimum atomic E-state index is -0.502. The van der Waals surface area contributed by atoms with Gasteiger partial charge in [0.05, 0.1) is 18.4 Å². The van der Waals surface area contributed by atoms with Gasteiger partial charge < -0.3 is 4.74 Å². The second-order valence-corrected chi connectivity index (χ2v) is 6.85. The van der Waals surface area contributed by atoms with Crippen LogP contribution in [0.25, 0.3) is 16.8 Å². The molecule has 0 spiro atoms. The zero-order valence-electron chi connectivity index (χ0n) is 17.2. The third kappa shape index (κ3) is 4.65. The van der Waals surface area contributed by atoms with Crippen molar-refractivity contribution in [3.05, 3.63) is 71.8 Å². The molecule has 0 radical (unpaired) electrons. The molecule has 0 amide bonds. The van der Waals surface area contributed by atoms with Crippen molar-refractivity contribution in [3.63, 3.8) is 0 Å². The lowest BCUT2D eigenvalue weighted by molar-refractivity contribution is 0.0601. The molecule has 0 N–H and O–H groups in total. The lowest BCUT2D eigenvalue weighted by Gasteiger charge is -2.09. The number of carbonyl (C=O) groups is 1. The molecule has 1 heterocycles. The molecule has 0 aliphatic carbocycles. The molecule has 0 saturated carbocycles. The van der Waals surface area contributed by atoms with Crippen LogP contribution in [0.5, 0.6) is 0 Å². The Bertz CT molecular complexity index is 1120. The summed E-state index contributed by atoms with van der Waals surface area (Å²) < 4.78 is 19.2. The van der Waals surface area contributed by atoms with E-state index in [9.17, 15) is 9.18 Å². The van der Waals surface area contributed by atoms with E-state index < -0.39 is 11.8 Å². The highest BCUT2D eigenvalue weighted by atomic mass is 19.1. The minimum absolute atomic E-state index is 0.329. The largest absolute Gasteiger partial charge is 0.465 e. The number of benzene rings is 2. The van der Waals surface area contributed by atoms with Crippen LogP contribution in [0.2, 0.25) is 0 Å². The molecule has 30 heavy (non-hydrogen) atoms. The Kier molecular flexibility index (Phi) is 6.46. The van der Waals surface area contributed by atoms with Crippen LogP contribution < -0.4 is 0 Å². The summed E-state index contributed by atoms with van der Waals surface area (Å²) >= 11 is 0. The van der Waals surface area contributed by atoms with Gasteiger partial charge in [-0.1, -0.05) is 38.1 Å². The third-order valence-electron chi connectivity index (χ3n) is 4.28. The molecular formula is C22H22FN5O2. The summed E-state index contributed by atoms with van der Waals surface area (Å²) in [6.07, 6.45) is 3.81. The molecule has 0 atom stereocenters. The van der Waals surface area contributed by atoms with Gasteiger partial charge in [0.15, 0.2) is 0 Å². The van der Waals surface area contributed by atoms with Crippen LogP contribution in [0, 0.1) is 11.7 Å². The number of nitrogens with zero attached hydrogens (tertiary/aromatic N) is 5. The molecule has 1 aromatic heterocycles. The average Bonchev–Trinajstić information content (AvgIpc) is 3.23. The van der Waals surface area contributed by atoms with E-state index in [1.807, 2.05) is 12.2 Å². The SMILES string of the molecule is CN=C(/C=C\C(C)C)c1nnn(-c2cc(F)cc(-c3ccccc3C(=O)OC)c2)n1. The van der Waals surface area contributed by atoms with Crippen molar-refractivity contribution < 1.29 is 13.9 Å². The number of hydrogen-bond acceptors (Lipinski definition) is 6. The number of aliphatic imine (C=N–C) groups is 1. The number of halogens is 1. The summed E-state index contributed by atoms with van der Waals surface area (Å²) in [6, 6.07) is 11.2. The van der Waals surface area contributed by atoms with E-state index in [0.717, 1.165) is 0 Å². The lowest BCUT2D eigenvalue weighted by Crippen LogP contribution is -2.05. The van der Waals surface area contributed by atoms with Crippen molar-refractivity contribution in [2.75, 3.05) is 14.2 Å². The van der Waals surface area contributed by atoms with Gasteiger partial charge in [-0.15, -0.1) is 15.0 Å². The first-order valence-electron chi connectivity index (χ1n) is 9.37. The number of tetrazole rings is 1. The van der Waals surface area contributed by atoms with Crippen LogP contribution in [0.3, 0.4) is 0 Å². The molecule has 0 unspecified atom stereocenters. The smallest absolute Gasteiger partial charge is 0.338 e. The van der Waals surface area contributed by atoms with Gasteiger partial charge in [-0.25, -0.2) is 9.18 Å². The highest BCUT2D eigenvalue weighted by Gasteiger charge is 2.16. The fourth-order valence-electron chi connectivity index (χ4n) is 2.83. The Labute approximate surface area is 173 Å². The van der Waals surface area contributed by atoms with Crippen LogP contribution in [-0.4, -0.2) is 46.0 Å². The first kappa shape index (κ1) is 21.0. The maximum Gasteiger partial charge on any atom is 0.338 e. The average molecular weight is 407 g/mol. The van der Waals surface area contributed by atoms with Crippen LogP contribution in [-0.2, 0) is 4.74 Å². The molecule has 0 aliphatic rings. The number of allylic oxidation sites excluding steroid dienone is 2. The number of aromatic nitrogens is 4. The van der Waals surface area contributed by atoms with Crippen LogP contribution in [0.4, 0.5) is 4.39 Å². The second kappa shape index (κ2) is 9.21. The maximum atomic E-state index is 14.4. The van der Waals surface area contributed by atoms with Crippen molar-refractivity contribution in [3.8, 4) is 16.8 Å². The molecule has 3 aromatic rings. The number of carbonyl (C=O) groups excluding carboxylic acids is 1. The lowest BCUT2D eigenvalue weighted by atomic mass is 9.99. The highest BCUT2D eigenvalue weighted by Crippen LogP contribution is 2.27. The number of rotatable bonds is 6. The Morgan fingerprint density at radius 1 is 1.23 bits per heavy atom. The Hall–Kier alpha value is -3.68. The Balaban J connectivity index is 2.02. The summed E-state index contributed by atoms with van der Waals surface area (Å²) in [4.78, 5) is 17.5. The van der Waals surface area contributed by atoms with Crippen LogP contribution in [0.15, 0.2) is 59.6 Å². The summed E-state index contributed by atoms with van der Waals surface area (Å²) in [5.74, 6) is -0.323. The Morgan fingerprint density at radius 3 is 2.70 bits per heavy atom. The van der Waals surface area contributed by atoms with Gasteiger partial charge in [0, 0.05) is 13.1 Å². The van der Waals surface area contributed by atoms with Crippen LogP contribution in [0.1, 0.15) is 30.0 Å². The fourth-order valence-corrected chi connectivity index (χ4v) is 2.83. The number of esters is 1. The second-order valence-electron chi connectivity index (χ2n) is 6.85. The summed E-state index contributed by atoms with van der Waals surface area (Å²) in [5, 5.41) is 12.4. The topological polar surface area (TPSA) is 82.3 Å². The van der Waals surface area contributed by atoms with E-state index in [4.69, 9.17) is 4.74 Å². The van der Waals surface area contributed by atoms with E-state index in [1.54, 1.807) is 37.4 Å². The van der Waals surface area contributed by atoms with Gasteiger partial charge >= 0.3 is 5.97 Å². The number of ether oxygens (including phenoxy) is 1. The van der Waals surface area contributed by atoms with E-state index >= 15 is 0 Å². The minimum Gasteiger partial charge on any atom is -0.465 e. The van der Waals surface area contributed by atoms with Crippen molar-refractivity contribution in [2.24, 2.45) is 10.9 Å². The predicted octanol–water partition coefficient (Wildman–Crippen LogP) is 3.89. The van der Waals surface area contributed by atoms with Crippen molar-refractivity contribution in [1.29, 1.82) is 0 Å². The van der Waals surface area contributed by atoms with Gasteiger partial charge in [-0.3, -0.25) is 4.99 Å². The summed E-state index contributed by atoms with van der Waals surface area (Å²) in [6.45, 7) is 4.10. The molecule has 0 aliphatic heterocycles. The maximum absolute atomic E-state index is 14.4. The molecule has 7 nitrogen and oxygen atoms in total. The number of hydrogen-bond donors (Lipinski definition) is 0. The van der Waals surface area contributed by atoms with Gasteiger partial charge in [0.2, 0.25) is 5.82 Å². The normalized spacial score (nSPS) is 12.0. The van der Waals surface area contributed by atoms with E-state index in [-0.39, 0.29) is 0 Å². The van der Waals surface area contributed by atoms with Gasteiger partial charge in [-0.2, -0.15) is 0 Å². The zero-order valence-corrected chi connectivity index (χ0v) is 17.2. The zero-order chi connectivity index (χ0) is 21.7. The number of methoxy groups -OCH3 is 1. The van der Waals surface area contributed by atoms with E-state index in [2.05, 4.69) is 34.3 Å². The standard InChI is InChI=1S/C22H22FN5O2/c1-14(2)9-10-20(24-3)21-25-27-28(26-21)17-12-15(11-16(23)13-17)18-7-5-6-8-19(18)22(29)30-4/h5-14H,1-4H3/b10-9-,24-20?. The third-order valence-corrected chi connectivity index (χ3v) is 4.28. The molecule has 0 bridgehead atoms. The highest BCUT2D eigenvalue weighted by molar-refractivity contribution is 6.05. The van der Waals surface area contributed by atoms with Crippen molar-refractivity contribution >= 4 is 11.7 Å². The molecule has 154 valence electrons. The first-order chi connectivity index (χ1) is 14.4. The van der Waals surface area contributed by atoms with Gasteiger partial charge in [0.25, 0.3) is 0 Å². The van der Waals surface area contributed by atoms with Gasteiger partial charge in [0.1, 0.15) is 11.5 Å². The molecule has 2 aromatic carbocycles. The molecule has 3 rings (SSSR count). The van der Waals surface area contributed by atoms with E-state index in [1.165, 1.54) is 24.0 Å². The molecule has 0 saturated heterocycles. The first-order valence-corrected chi connectivity index (χ1v) is 9.37. The summed E-state index contributed by atoms with van der Waals surface area (Å²) in [7, 11) is 2.95.